The van der Waals surface area contributed by atoms with Gasteiger partial charge >= 0.3 is 0 Å². The summed E-state index contributed by atoms with van der Waals surface area (Å²) in [5.41, 5.74) is 0.754. The van der Waals surface area contributed by atoms with Gasteiger partial charge in [0.2, 0.25) is 0 Å². The summed E-state index contributed by atoms with van der Waals surface area (Å²) in [4.78, 5) is 0. The van der Waals surface area contributed by atoms with Crippen molar-refractivity contribution in [3.8, 4) is 0 Å². The van der Waals surface area contributed by atoms with E-state index in [4.69, 9.17) is 21.1 Å². The summed E-state index contributed by atoms with van der Waals surface area (Å²) in [6.45, 7) is 1.14. The first-order valence-corrected chi connectivity index (χ1v) is 4.33. The average Bonchev–Trinajstić information content (AvgIpc) is 2.62. The fourth-order valence-corrected chi connectivity index (χ4v) is 1.40. The van der Waals surface area contributed by atoms with Crippen molar-refractivity contribution in [1.29, 1.82) is 0 Å². The Morgan fingerprint density at radius 2 is 2.00 bits per heavy atom. The van der Waals surface area contributed by atoms with Gasteiger partial charge < -0.3 is 9.47 Å². The van der Waals surface area contributed by atoms with Gasteiger partial charge in [0.1, 0.15) is 5.82 Å². The molecule has 0 atom stereocenters. The van der Waals surface area contributed by atoms with Gasteiger partial charge in [0.15, 0.2) is 6.29 Å². The van der Waals surface area contributed by atoms with Gasteiger partial charge in [-0.3, -0.25) is 0 Å². The summed E-state index contributed by atoms with van der Waals surface area (Å²) in [5, 5.41) is 0.0941. The summed E-state index contributed by atoms with van der Waals surface area (Å²) in [6.07, 6.45) is -0.391. The second-order valence-electron chi connectivity index (χ2n) is 2.75. The molecule has 0 amide bonds. The lowest BCUT2D eigenvalue weighted by Crippen LogP contribution is -1.97. The number of hydrogen-bond acceptors (Lipinski definition) is 2. The molecule has 1 aliphatic heterocycles. The first-order valence-electron chi connectivity index (χ1n) is 3.95. The molecule has 1 fully saturated rings. The molecule has 1 aromatic carbocycles. The third kappa shape index (κ3) is 1.82. The average molecular weight is 203 g/mol. The monoisotopic (exact) mass is 202 g/mol. The zero-order chi connectivity index (χ0) is 9.26. The van der Waals surface area contributed by atoms with E-state index < -0.39 is 12.1 Å². The molecule has 70 valence electrons. The molecule has 1 heterocycles. The van der Waals surface area contributed by atoms with E-state index in [1.807, 2.05) is 0 Å². The molecular formula is C9H8ClFO2. The second-order valence-corrected chi connectivity index (χ2v) is 3.15. The quantitative estimate of drug-likeness (QED) is 0.697. The molecule has 2 nitrogen and oxygen atoms in total. The first kappa shape index (κ1) is 8.94. The van der Waals surface area contributed by atoms with E-state index in [1.165, 1.54) is 12.1 Å². The molecule has 0 aromatic heterocycles. The van der Waals surface area contributed by atoms with Crippen LogP contribution in [0.2, 0.25) is 5.02 Å². The van der Waals surface area contributed by atoms with Crippen LogP contribution in [0, 0.1) is 5.82 Å². The van der Waals surface area contributed by atoms with Crippen LogP contribution >= 0.6 is 11.6 Å². The molecule has 1 saturated heterocycles. The van der Waals surface area contributed by atoms with Crippen molar-refractivity contribution in [3.05, 3.63) is 34.6 Å². The largest absolute Gasteiger partial charge is 0.346 e. The number of halogens is 2. The van der Waals surface area contributed by atoms with Gasteiger partial charge in [-0.05, 0) is 12.1 Å². The number of benzene rings is 1. The third-order valence-electron chi connectivity index (χ3n) is 1.84. The van der Waals surface area contributed by atoms with E-state index >= 15 is 0 Å². The van der Waals surface area contributed by atoms with Crippen LogP contribution in [0.1, 0.15) is 11.9 Å². The van der Waals surface area contributed by atoms with Crippen LogP contribution in [0.3, 0.4) is 0 Å². The Hall–Kier alpha value is -0.640. The molecule has 0 saturated carbocycles. The van der Waals surface area contributed by atoms with E-state index in [-0.39, 0.29) is 5.02 Å². The van der Waals surface area contributed by atoms with Gasteiger partial charge in [0.05, 0.1) is 18.2 Å². The second kappa shape index (κ2) is 3.62. The Morgan fingerprint density at radius 1 is 1.31 bits per heavy atom. The van der Waals surface area contributed by atoms with Crippen molar-refractivity contribution < 1.29 is 13.9 Å². The fraction of sp³-hybridized carbons (Fsp3) is 0.333. The van der Waals surface area contributed by atoms with Crippen LogP contribution in [0.25, 0.3) is 0 Å². The van der Waals surface area contributed by atoms with Gasteiger partial charge in [-0.1, -0.05) is 17.7 Å². The van der Waals surface area contributed by atoms with Crippen LogP contribution in [0.5, 0.6) is 0 Å². The van der Waals surface area contributed by atoms with Crippen molar-refractivity contribution in [2.24, 2.45) is 0 Å². The minimum Gasteiger partial charge on any atom is -0.346 e. The first-order chi connectivity index (χ1) is 6.27. The standard InChI is InChI=1S/C9H8ClFO2/c10-7-5-6(1-2-8(7)11)9-12-3-4-13-9/h1-2,5,9H,3-4H2. The molecule has 0 bridgehead atoms. The molecule has 0 N–H and O–H groups in total. The van der Waals surface area contributed by atoms with Gasteiger partial charge in [-0.25, -0.2) is 4.39 Å². The topological polar surface area (TPSA) is 18.5 Å². The zero-order valence-electron chi connectivity index (χ0n) is 6.80. The van der Waals surface area contributed by atoms with Gasteiger partial charge in [-0.15, -0.1) is 0 Å². The highest BCUT2D eigenvalue weighted by Gasteiger charge is 2.18. The van der Waals surface area contributed by atoms with Gasteiger partial charge in [0, 0.05) is 5.56 Å². The van der Waals surface area contributed by atoms with Crippen LogP contribution < -0.4 is 0 Å². The lowest BCUT2D eigenvalue weighted by molar-refractivity contribution is -0.0441. The number of ether oxygens (including phenoxy) is 2. The van der Waals surface area contributed by atoms with Crippen LogP contribution in [-0.4, -0.2) is 13.2 Å². The highest BCUT2D eigenvalue weighted by atomic mass is 35.5. The molecule has 2 rings (SSSR count). The minimum absolute atomic E-state index is 0.0941. The molecule has 0 aliphatic carbocycles. The van der Waals surface area contributed by atoms with E-state index in [2.05, 4.69) is 0 Å². The van der Waals surface area contributed by atoms with Crippen LogP contribution in [-0.2, 0) is 9.47 Å². The predicted octanol–water partition coefficient (Wildman–Crippen LogP) is 2.52. The molecule has 0 radical (unpaired) electrons. The zero-order valence-corrected chi connectivity index (χ0v) is 7.55. The highest BCUT2D eigenvalue weighted by molar-refractivity contribution is 6.30. The van der Waals surface area contributed by atoms with E-state index in [0.717, 1.165) is 5.56 Å². The maximum Gasteiger partial charge on any atom is 0.184 e. The number of rotatable bonds is 1. The van der Waals surface area contributed by atoms with E-state index in [9.17, 15) is 4.39 Å². The summed E-state index contributed by atoms with van der Waals surface area (Å²) in [7, 11) is 0. The molecule has 1 aromatic rings. The summed E-state index contributed by atoms with van der Waals surface area (Å²) < 4.78 is 23.2. The fourth-order valence-electron chi connectivity index (χ4n) is 1.21. The molecule has 13 heavy (non-hydrogen) atoms. The van der Waals surface area contributed by atoms with Crippen molar-refractivity contribution >= 4 is 11.6 Å². The van der Waals surface area contributed by atoms with Crippen molar-refractivity contribution in [3.63, 3.8) is 0 Å². The van der Waals surface area contributed by atoms with Crippen molar-refractivity contribution in [2.75, 3.05) is 13.2 Å². The summed E-state index contributed by atoms with van der Waals surface area (Å²) in [5.74, 6) is -0.427. The Kier molecular flexibility index (Phi) is 2.49. The maximum atomic E-state index is 12.8. The Labute approximate surface area is 80.2 Å². The van der Waals surface area contributed by atoms with Gasteiger partial charge in [-0.2, -0.15) is 0 Å². The van der Waals surface area contributed by atoms with Gasteiger partial charge in [0.25, 0.3) is 0 Å². The minimum atomic E-state index is -0.427. The lowest BCUT2D eigenvalue weighted by Gasteiger charge is -2.09. The normalized spacial score (nSPS) is 18.0. The molecular weight excluding hydrogens is 195 g/mol. The lowest BCUT2D eigenvalue weighted by atomic mass is 10.2. The Bertz CT molecular complexity index is 310. The number of hydrogen-bond donors (Lipinski definition) is 0. The predicted molar refractivity (Wildman–Crippen MR) is 46.1 cm³/mol. The van der Waals surface area contributed by atoms with Crippen LogP contribution in [0.15, 0.2) is 18.2 Å². The van der Waals surface area contributed by atoms with E-state index in [1.54, 1.807) is 6.07 Å². The molecule has 4 heteroatoms. The van der Waals surface area contributed by atoms with E-state index in [0.29, 0.717) is 13.2 Å². The van der Waals surface area contributed by atoms with Crippen molar-refractivity contribution in [1.82, 2.24) is 0 Å². The summed E-state index contributed by atoms with van der Waals surface area (Å²) >= 11 is 5.61. The Balaban J connectivity index is 2.25. The molecule has 1 aliphatic rings. The SMILES string of the molecule is Fc1ccc(C2OCCO2)cc1Cl. The molecule has 0 spiro atoms. The Morgan fingerprint density at radius 3 is 2.62 bits per heavy atom. The van der Waals surface area contributed by atoms with Crippen LogP contribution in [0.4, 0.5) is 4.39 Å². The molecule has 0 unspecified atom stereocenters. The third-order valence-corrected chi connectivity index (χ3v) is 2.13. The smallest absolute Gasteiger partial charge is 0.184 e. The highest BCUT2D eigenvalue weighted by Crippen LogP contribution is 2.26. The summed E-state index contributed by atoms with van der Waals surface area (Å²) in [6, 6.07) is 4.44. The maximum absolute atomic E-state index is 12.8. The van der Waals surface area contributed by atoms with Crippen molar-refractivity contribution in [2.45, 2.75) is 6.29 Å².